The molecule has 5 rings (SSSR count). The maximum Gasteiger partial charge on any atom is 0.234 e. The molecule has 0 spiro atoms. The van der Waals surface area contributed by atoms with E-state index in [1.807, 2.05) is 6.07 Å². The lowest BCUT2D eigenvalue weighted by Crippen LogP contribution is -2.00. The fraction of sp³-hybridized carbons (Fsp3) is 0.400. The van der Waals surface area contributed by atoms with Gasteiger partial charge in [-0.05, 0) is 25.0 Å². The summed E-state index contributed by atoms with van der Waals surface area (Å²) < 4.78 is 15.3. The van der Waals surface area contributed by atoms with Crippen LogP contribution < -0.4 is 9.47 Å². The van der Waals surface area contributed by atoms with Crippen LogP contribution in [0.25, 0.3) is 9.92 Å². The molecule has 0 N–H and O–H groups in total. The van der Waals surface area contributed by atoms with Crippen LogP contribution in [0.3, 0.4) is 0 Å². The summed E-state index contributed by atoms with van der Waals surface area (Å²) in [5.41, 5.74) is 0. The van der Waals surface area contributed by atoms with Crippen molar-refractivity contribution in [2.45, 2.75) is 52.7 Å². The highest BCUT2D eigenvalue weighted by molar-refractivity contribution is 7.16. The number of halogens is 1. The van der Waals surface area contributed by atoms with Gasteiger partial charge in [0.1, 0.15) is 24.7 Å². The molecule has 0 bridgehead atoms. The largest absolute Gasteiger partial charge is 0.486 e. The van der Waals surface area contributed by atoms with E-state index in [2.05, 4.69) is 44.4 Å². The summed E-state index contributed by atoms with van der Waals surface area (Å²) in [5, 5.41) is 27.9. The lowest BCUT2D eigenvalue weighted by molar-refractivity contribution is 0.295. The van der Waals surface area contributed by atoms with Gasteiger partial charge in [0.15, 0.2) is 21.7 Å². The van der Waals surface area contributed by atoms with Crippen LogP contribution in [-0.2, 0) is 26.1 Å². The van der Waals surface area contributed by atoms with Crippen molar-refractivity contribution >= 4 is 44.2 Å². The molecule has 13 heteroatoms. The number of fused-ring (bicyclic) bond motifs is 2. The lowest BCUT2D eigenvalue weighted by atomic mass is 10.3. The van der Waals surface area contributed by atoms with Crippen molar-refractivity contribution in [2.24, 2.45) is 0 Å². The van der Waals surface area contributed by atoms with Gasteiger partial charge < -0.3 is 9.47 Å². The van der Waals surface area contributed by atoms with E-state index in [9.17, 15) is 0 Å². The Hall–Kier alpha value is -2.83. The van der Waals surface area contributed by atoms with E-state index in [-0.39, 0.29) is 0 Å². The van der Waals surface area contributed by atoms with E-state index in [0.717, 1.165) is 57.3 Å². The second-order valence-corrected chi connectivity index (χ2v) is 9.77. The van der Waals surface area contributed by atoms with Crippen LogP contribution in [0.2, 0.25) is 5.02 Å². The molecule has 0 amide bonds. The fourth-order valence-electron chi connectivity index (χ4n) is 3.24. The van der Waals surface area contributed by atoms with Gasteiger partial charge in [0, 0.05) is 18.9 Å². The summed E-state index contributed by atoms with van der Waals surface area (Å²) in [6.45, 7) is 4.82. The topological polar surface area (TPSA) is 105 Å². The van der Waals surface area contributed by atoms with Crippen LogP contribution in [0, 0.1) is 0 Å². The van der Waals surface area contributed by atoms with Crippen molar-refractivity contribution < 1.29 is 9.47 Å². The van der Waals surface area contributed by atoms with Gasteiger partial charge in [-0.15, -0.1) is 20.4 Å². The van der Waals surface area contributed by atoms with Gasteiger partial charge in [-0.1, -0.05) is 48.1 Å². The number of hydrogen-bond acceptors (Lipinski definition) is 10. The molecule has 4 heterocycles. The SMILES string of the molecule is CCCc1nnc2sc(COc3ccc(OCc4nn5c(CCC)nnc5s4)c(Cl)c3)nn12. The van der Waals surface area contributed by atoms with Crippen LogP contribution in [-0.4, -0.2) is 39.6 Å². The molecule has 0 saturated carbocycles. The van der Waals surface area contributed by atoms with E-state index >= 15 is 0 Å². The number of aryl methyl sites for hydroxylation is 2. The van der Waals surface area contributed by atoms with Gasteiger partial charge in [0.05, 0.1) is 5.02 Å². The summed E-state index contributed by atoms with van der Waals surface area (Å²) in [4.78, 5) is 1.53. The Morgan fingerprint density at radius 1 is 0.818 bits per heavy atom. The predicted octanol–water partition coefficient (Wildman–Crippen LogP) is 4.40. The first-order valence-corrected chi connectivity index (χ1v) is 12.6. The molecule has 0 fully saturated rings. The fourth-order valence-corrected chi connectivity index (χ4v) is 5.00. The predicted molar refractivity (Wildman–Crippen MR) is 125 cm³/mol. The van der Waals surface area contributed by atoms with Gasteiger partial charge in [-0.2, -0.15) is 19.2 Å². The Bertz CT molecular complexity index is 1390. The zero-order valence-corrected chi connectivity index (χ0v) is 20.5. The van der Waals surface area contributed by atoms with E-state index in [0.29, 0.717) is 29.7 Å². The Balaban J connectivity index is 1.20. The molecule has 10 nitrogen and oxygen atoms in total. The van der Waals surface area contributed by atoms with Crippen molar-refractivity contribution in [1.29, 1.82) is 0 Å². The Kier molecular flexibility index (Phi) is 6.38. The second kappa shape index (κ2) is 9.57. The molecule has 33 heavy (non-hydrogen) atoms. The standard InChI is InChI=1S/C20H21ClN8O2S2/c1-3-5-15-22-24-19-28(15)26-17(32-19)10-30-12-7-8-14(13(21)9-12)31-11-18-27-29-16(6-4-2)23-25-20(29)33-18/h7-9H,3-6,10-11H2,1-2H3. The van der Waals surface area contributed by atoms with Gasteiger partial charge in [-0.3, -0.25) is 0 Å². The lowest BCUT2D eigenvalue weighted by Gasteiger charge is -2.09. The van der Waals surface area contributed by atoms with Crippen LogP contribution in [0.4, 0.5) is 0 Å². The van der Waals surface area contributed by atoms with E-state index < -0.39 is 0 Å². The van der Waals surface area contributed by atoms with Crippen molar-refractivity contribution in [3.05, 3.63) is 44.9 Å². The first-order chi connectivity index (χ1) is 16.1. The van der Waals surface area contributed by atoms with Gasteiger partial charge in [0.2, 0.25) is 9.92 Å². The van der Waals surface area contributed by atoms with Crippen LogP contribution in [0.15, 0.2) is 18.2 Å². The smallest absolute Gasteiger partial charge is 0.234 e. The molecule has 0 unspecified atom stereocenters. The molecular weight excluding hydrogens is 484 g/mol. The highest BCUT2D eigenvalue weighted by Gasteiger charge is 2.14. The normalized spacial score (nSPS) is 11.6. The third kappa shape index (κ3) is 4.63. The third-order valence-electron chi connectivity index (χ3n) is 4.76. The van der Waals surface area contributed by atoms with Crippen molar-refractivity contribution in [1.82, 2.24) is 39.6 Å². The summed E-state index contributed by atoms with van der Waals surface area (Å²) in [7, 11) is 0. The van der Waals surface area contributed by atoms with Crippen molar-refractivity contribution in [2.75, 3.05) is 0 Å². The highest BCUT2D eigenvalue weighted by Crippen LogP contribution is 2.30. The molecule has 4 aromatic heterocycles. The maximum absolute atomic E-state index is 6.42. The van der Waals surface area contributed by atoms with Crippen molar-refractivity contribution in [3.63, 3.8) is 0 Å². The van der Waals surface area contributed by atoms with Gasteiger partial charge in [0.25, 0.3) is 0 Å². The number of hydrogen-bond donors (Lipinski definition) is 0. The number of aromatic nitrogens is 8. The molecule has 1 aromatic carbocycles. The van der Waals surface area contributed by atoms with Crippen LogP contribution >= 0.6 is 34.3 Å². The highest BCUT2D eigenvalue weighted by atomic mass is 35.5. The molecule has 5 aromatic rings. The quantitative estimate of drug-likeness (QED) is 0.275. The minimum Gasteiger partial charge on any atom is -0.486 e. The molecule has 0 aliphatic rings. The third-order valence-corrected chi connectivity index (χ3v) is 6.80. The minimum atomic E-state index is 0.298. The summed E-state index contributed by atoms with van der Waals surface area (Å²) in [6, 6.07) is 5.35. The Morgan fingerprint density at radius 2 is 1.39 bits per heavy atom. The Morgan fingerprint density at radius 3 is 1.94 bits per heavy atom. The number of benzene rings is 1. The number of ether oxygens (including phenoxy) is 2. The molecular formula is C20H21ClN8O2S2. The average Bonchev–Trinajstić information content (AvgIpc) is 3.55. The number of nitrogens with zero attached hydrogens (tertiary/aromatic N) is 8. The first-order valence-electron chi connectivity index (χ1n) is 10.6. The monoisotopic (exact) mass is 504 g/mol. The van der Waals surface area contributed by atoms with E-state index in [1.165, 1.54) is 22.7 Å². The molecule has 0 atom stereocenters. The minimum absolute atomic E-state index is 0.298. The maximum atomic E-state index is 6.42. The molecule has 0 radical (unpaired) electrons. The van der Waals surface area contributed by atoms with Gasteiger partial charge in [-0.25, -0.2) is 0 Å². The number of rotatable bonds is 10. The van der Waals surface area contributed by atoms with E-state index in [4.69, 9.17) is 21.1 Å². The summed E-state index contributed by atoms with van der Waals surface area (Å²) in [5.74, 6) is 2.92. The van der Waals surface area contributed by atoms with E-state index in [1.54, 1.807) is 21.2 Å². The summed E-state index contributed by atoms with van der Waals surface area (Å²) in [6.07, 6.45) is 3.65. The average molecular weight is 505 g/mol. The zero-order valence-electron chi connectivity index (χ0n) is 18.1. The van der Waals surface area contributed by atoms with Crippen LogP contribution in [0.5, 0.6) is 11.5 Å². The second-order valence-electron chi connectivity index (χ2n) is 7.28. The molecule has 0 saturated heterocycles. The van der Waals surface area contributed by atoms with Crippen molar-refractivity contribution in [3.8, 4) is 11.5 Å². The first kappa shape index (κ1) is 22.0. The zero-order chi connectivity index (χ0) is 22.8. The molecule has 0 aliphatic heterocycles. The molecule has 0 aliphatic carbocycles. The summed E-state index contributed by atoms with van der Waals surface area (Å²) >= 11 is 9.33. The Labute approximate surface area is 202 Å². The van der Waals surface area contributed by atoms with Gasteiger partial charge >= 0.3 is 0 Å². The molecule has 172 valence electrons. The van der Waals surface area contributed by atoms with Crippen LogP contribution in [0.1, 0.15) is 48.4 Å².